The van der Waals surface area contributed by atoms with Gasteiger partial charge in [-0.3, -0.25) is 14.5 Å². The molecule has 0 aromatic heterocycles. The van der Waals surface area contributed by atoms with Gasteiger partial charge in [0, 0.05) is 0 Å². The van der Waals surface area contributed by atoms with E-state index in [1.807, 2.05) is 21.7 Å². The first-order valence-corrected chi connectivity index (χ1v) is 7.93. The van der Waals surface area contributed by atoms with Gasteiger partial charge in [-0.05, 0) is 24.0 Å². The van der Waals surface area contributed by atoms with Crippen molar-refractivity contribution in [2.24, 2.45) is 11.8 Å². The number of ether oxygens (including phenoxy) is 1. The van der Waals surface area contributed by atoms with E-state index in [-0.39, 0.29) is 17.8 Å². The van der Waals surface area contributed by atoms with Gasteiger partial charge in [0.2, 0.25) is 0 Å². The number of rotatable bonds is 5. The van der Waals surface area contributed by atoms with Crippen LogP contribution in [-0.4, -0.2) is 42.6 Å². The molecule has 1 aliphatic heterocycles. The van der Waals surface area contributed by atoms with E-state index in [0.29, 0.717) is 11.1 Å². The smallest absolute Gasteiger partial charge is 0.329 e. The lowest BCUT2D eigenvalue weighted by Gasteiger charge is -2.29. The van der Waals surface area contributed by atoms with E-state index in [1.54, 1.807) is 38.1 Å². The van der Waals surface area contributed by atoms with Crippen LogP contribution in [0.1, 0.15) is 48.4 Å². The highest BCUT2D eigenvalue weighted by Crippen LogP contribution is 2.28. The topological polar surface area (TPSA) is 63.7 Å². The summed E-state index contributed by atoms with van der Waals surface area (Å²) in [4.78, 5) is 38.8. The van der Waals surface area contributed by atoms with Crippen LogP contribution < -0.4 is 0 Å². The summed E-state index contributed by atoms with van der Waals surface area (Å²) in [5, 5.41) is 0. The van der Waals surface area contributed by atoms with Gasteiger partial charge >= 0.3 is 5.97 Å². The molecule has 1 aromatic rings. The lowest BCUT2D eigenvalue weighted by atomic mass is 9.89. The number of hydrogen-bond donors (Lipinski definition) is 0. The maximum Gasteiger partial charge on any atom is 0.329 e. The number of carbonyl (C=O) groups excluding carboxylic acids is 3. The Kier molecular flexibility index (Phi) is 4.92. The molecular weight excluding hydrogens is 293 g/mol. The van der Waals surface area contributed by atoms with Crippen LogP contribution in [0.5, 0.6) is 0 Å². The Hall–Kier alpha value is -2.11. The van der Waals surface area contributed by atoms with Crippen molar-refractivity contribution < 1.29 is 19.1 Å². The normalized spacial score (nSPS) is 16.7. The molecule has 0 saturated heterocycles. The Bertz CT molecular complexity index is 606. The fraction of sp³-hybridized carbons (Fsp3) is 0.471. The molecule has 6 heteroatoms. The molecule has 1 aliphatic rings. The van der Waals surface area contributed by atoms with Crippen molar-refractivity contribution in [3.8, 4) is 0 Å². The molecule has 2 rings (SSSR count). The molecule has 2 atom stereocenters. The first kappa shape index (κ1) is 17.3. The lowest BCUT2D eigenvalue weighted by Crippen LogP contribution is -2.49. The number of amides is 2. The van der Waals surface area contributed by atoms with Gasteiger partial charge in [-0.2, -0.15) is 0 Å². The average Bonchev–Trinajstić information content (AvgIpc) is 2.73. The summed E-state index contributed by atoms with van der Waals surface area (Å²) in [5.41, 5.74) is 0.681. The minimum atomic E-state index is -0.913. The van der Waals surface area contributed by atoms with Crippen LogP contribution in [0.3, 0.4) is 0 Å². The van der Waals surface area contributed by atoms with Crippen molar-refractivity contribution in [2.45, 2.75) is 39.7 Å². The molecule has 0 fully saturated rings. The van der Waals surface area contributed by atoms with Crippen LogP contribution in [-0.2, 0) is 9.53 Å². The van der Waals surface area contributed by atoms with Crippen LogP contribution in [0.4, 0.5) is 0 Å². The molecule has 0 N–H and O–H groups in total. The maximum absolute atomic E-state index is 12.6. The molecule has 122 valence electrons. The van der Waals surface area contributed by atoms with E-state index >= 15 is 0 Å². The second-order valence-electron chi connectivity index (χ2n) is 6.60. The molecule has 1 unspecified atom stereocenters. The first-order chi connectivity index (χ1) is 10.8. The van der Waals surface area contributed by atoms with Gasteiger partial charge in [0.15, 0.2) is 7.85 Å². The molecule has 0 bridgehead atoms. The number of nitrogens with zero attached hydrogens (tertiary/aromatic N) is 1. The number of carbonyl (C=O) groups is 3. The minimum Gasteiger partial charge on any atom is -0.470 e. The summed E-state index contributed by atoms with van der Waals surface area (Å²) < 4.78 is 5.46. The average molecular weight is 315 g/mol. The van der Waals surface area contributed by atoms with Gasteiger partial charge in [0.1, 0.15) is 6.04 Å². The van der Waals surface area contributed by atoms with Gasteiger partial charge in [-0.25, -0.2) is 4.79 Å². The predicted octanol–water partition coefficient (Wildman–Crippen LogP) is 1.47. The van der Waals surface area contributed by atoms with E-state index in [0.717, 1.165) is 4.90 Å². The highest BCUT2D eigenvalue weighted by molar-refractivity contribution is 6.22. The molecule has 0 spiro atoms. The molecule has 0 saturated carbocycles. The fourth-order valence-corrected chi connectivity index (χ4v) is 2.53. The summed E-state index contributed by atoms with van der Waals surface area (Å²) in [6.07, 6.45) is 0. The van der Waals surface area contributed by atoms with Gasteiger partial charge in [-0.1, -0.05) is 39.8 Å². The molecule has 1 heterocycles. The Morgan fingerprint density at radius 3 is 1.87 bits per heavy atom. The third kappa shape index (κ3) is 3.16. The Morgan fingerprint density at radius 2 is 1.48 bits per heavy atom. The molecule has 5 nitrogen and oxygen atoms in total. The standard InChI is InChI=1S/C17H22BNO4/c1-9(2)13(17(22)23-14(18)10(3)4)19-15(20)11-7-5-6-8-12(11)16(19)21/h5-10,13-14H,18H2,1-4H3/t13-,14?/m1/s1. The third-order valence-corrected chi connectivity index (χ3v) is 4.22. The van der Waals surface area contributed by atoms with Gasteiger partial charge in [0.05, 0.1) is 17.1 Å². The minimum absolute atomic E-state index is 0.161. The number of esters is 1. The SMILES string of the molecule is BC(OC(=O)[C@@H](C(C)C)N1C(=O)c2ccccc2C1=O)C(C)C. The van der Waals surface area contributed by atoms with Crippen LogP contribution in [0.25, 0.3) is 0 Å². The third-order valence-electron chi connectivity index (χ3n) is 4.22. The molecule has 0 aliphatic carbocycles. The zero-order valence-corrected chi connectivity index (χ0v) is 14.2. The summed E-state index contributed by atoms with van der Waals surface area (Å²) >= 11 is 0. The van der Waals surface area contributed by atoms with Crippen molar-refractivity contribution >= 4 is 25.6 Å². The van der Waals surface area contributed by atoms with E-state index in [1.165, 1.54) is 0 Å². The monoisotopic (exact) mass is 315 g/mol. The highest BCUT2D eigenvalue weighted by Gasteiger charge is 2.44. The Balaban J connectivity index is 2.31. The van der Waals surface area contributed by atoms with Gasteiger partial charge in [-0.15, -0.1) is 0 Å². The van der Waals surface area contributed by atoms with Crippen molar-refractivity contribution in [1.82, 2.24) is 4.90 Å². The number of hydrogen-bond acceptors (Lipinski definition) is 4. The van der Waals surface area contributed by atoms with Crippen molar-refractivity contribution in [3.63, 3.8) is 0 Å². The Morgan fingerprint density at radius 1 is 1.00 bits per heavy atom. The van der Waals surface area contributed by atoms with Crippen molar-refractivity contribution in [1.29, 1.82) is 0 Å². The number of imide groups is 1. The van der Waals surface area contributed by atoms with Crippen LogP contribution in [0.2, 0.25) is 0 Å². The van der Waals surface area contributed by atoms with E-state index in [2.05, 4.69) is 0 Å². The number of fused-ring (bicyclic) bond motifs is 1. The van der Waals surface area contributed by atoms with Crippen LogP contribution in [0.15, 0.2) is 24.3 Å². The van der Waals surface area contributed by atoms with Crippen LogP contribution >= 0.6 is 0 Å². The largest absolute Gasteiger partial charge is 0.470 e. The number of benzene rings is 1. The predicted molar refractivity (Wildman–Crippen MR) is 88.8 cm³/mol. The van der Waals surface area contributed by atoms with E-state index < -0.39 is 23.8 Å². The van der Waals surface area contributed by atoms with Gasteiger partial charge in [0.25, 0.3) is 11.8 Å². The maximum atomic E-state index is 12.6. The van der Waals surface area contributed by atoms with Crippen molar-refractivity contribution in [3.05, 3.63) is 35.4 Å². The Labute approximate surface area is 137 Å². The summed E-state index contributed by atoms with van der Waals surface area (Å²) in [5.74, 6) is -1.47. The molecule has 0 radical (unpaired) electrons. The van der Waals surface area contributed by atoms with Crippen molar-refractivity contribution in [2.75, 3.05) is 0 Å². The summed E-state index contributed by atoms with van der Waals surface area (Å²) in [6, 6.07) is 5.43. The zero-order valence-electron chi connectivity index (χ0n) is 14.2. The quantitative estimate of drug-likeness (QED) is 0.469. The zero-order chi connectivity index (χ0) is 17.3. The summed E-state index contributed by atoms with van der Waals surface area (Å²) in [6.45, 7) is 7.50. The second-order valence-corrected chi connectivity index (χ2v) is 6.60. The van der Waals surface area contributed by atoms with Gasteiger partial charge < -0.3 is 4.74 Å². The summed E-state index contributed by atoms with van der Waals surface area (Å²) in [7, 11) is 1.81. The lowest BCUT2D eigenvalue weighted by molar-refractivity contribution is -0.153. The molecular formula is C17H22BNO4. The van der Waals surface area contributed by atoms with Crippen LogP contribution in [0, 0.1) is 11.8 Å². The molecule has 2 amide bonds. The van der Waals surface area contributed by atoms with E-state index in [9.17, 15) is 14.4 Å². The molecule has 1 aromatic carbocycles. The fourth-order valence-electron chi connectivity index (χ4n) is 2.53. The first-order valence-electron chi connectivity index (χ1n) is 7.93. The second kappa shape index (κ2) is 6.56. The van der Waals surface area contributed by atoms with E-state index in [4.69, 9.17) is 4.74 Å². The molecule has 23 heavy (non-hydrogen) atoms. The highest BCUT2D eigenvalue weighted by atomic mass is 16.5.